The maximum absolute atomic E-state index is 11.9. The second kappa shape index (κ2) is 10.5. The van der Waals surface area contributed by atoms with E-state index in [0.29, 0.717) is 32.7 Å². The third-order valence-electron chi connectivity index (χ3n) is 3.52. The molecule has 0 saturated heterocycles. The Hall–Kier alpha value is -2.37. The van der Waals surface area contributed by atoms with Gasteiger partial charge in [-0.25, -0.2) is 0 Å². The Morgan fingerprint density at radius 2 is 1.56 bits per heavy atom. The summed E-state index contributed by atoms with van der Waals surface area (Å²) in [5.74, 6) is 1.49. The fourth-order valence-electron chi connectivity index (χ4n) is 2.15. The summed E-state index contributed by atoms with van der Waals surface area (Å²) >= 11 is 0. The zero-order valence-corrected chi connectivity index (χ0v) is 14.8. The second-order valence-corrected chi connectivity index (χ2v) is 5.70. The molecule has 0 aliphatic heterocycles. The standard InChI is InChI=1S/C20H25NO4/c1-16-5-9-18(10-6-16)25-19-11-7-17(8-12-19)21-20(22)4-3-13-24-15-14-23-2/h5-12H,3-4,13-15H2,1-2H3,(H,21,22). The Kier molecular flexibility index (Phi) is 7.95. The molecule has 0 radical (unpaired) electrons. The number of carbonyl (C=O) groups is 1. The number of nitrogens with one attached hydrogen (secondary N) is 1. The monoisotopic (exact) mass is 343 g/mol. The highest BCUT2D eigenvalue weighted by atomic mass is 16.5. The van der Waals surface area contributed by atoms with Crippen LogP contribution in [0.4, 0.5) is 5.69 Å². The first-order chi connectivity index (χ1) is 12.2. The molecule has 0 aromatic heterocycles. The molecule has 1 N–H and O–H groups in total. The van der Waals surface area contributed by atoms with Gasteiger partial charge in [-0.15, -0.1) is 0 Å². The van der Waals surface area contributed by atoms with Gasteiger partial charge in [0, 0.05) is 25.8 Å². The molecule has 0 saturated carbocycles. The Morgan fingerprint density at radius 3 is 2.20 bits per heavy atom. The molecule has 5 nitrogen and oxygen atoms in total. The van der Waals surface area contributed by atoms with Gasteiger partial charge >= 0.3 is 0 Å². The van der Waals surface area contributed by atoms with Gasteiger partial charge in [0.1, 0.15) is 11.5 Å². The summed E-state index contributed by atoms with van der Waals surface area (Å²) in [6.45, 7) is 3.72. The summed E-state index contributed by atoms with van der Waals surface area (Å²) in [5, 5.41) is 2.87. The molecule has 0 fully saturated rings. The van der Waals surface area contributed by atoms with Crippen molar-refractivity contribution in [3.63, 3.8) is 0 Å². The summed E-state index contributed by atoms with van der Waals surface area (Å²) in [6.07, 6.45) is 1.11. The third kappa shape index (κ3) is 7.37. The number of aryl methyl sites for hydroxylation is 1. The predicted octanol–water partition coefficient (Wildman–Crippen LogP) is 4.17. The van der Waals surface area contributed by atoms with Crippen molar-refractivity contribution in [1.29, 1.82) is 0 Å². The number of benzene rings is 2. The van der Waals surface area contributed by atoms with Crippen LogP contribution in [0.5, 0.6) is 11.5 Å². The van der Waals surface area contributed by atoms with Crippen LogP contribution in [-0.4, -0.2) is 32.8 Å². The van der Waals surface area contributed by atoms with E-state index in [9.17, 15) is 4.79 Å². The molecule has 134 valence electrons. The van der Waals surface area contributed by atoms with E-state index in [0.717, 1.165) is 17.2 Å². The van der Waals surface area contributed by atoms with Gasteiger partial charge in [-0.05, 0) is 49.7 Å². The van der Waals surface area contributed by atoms with Crippen LogP contribution < -0.4 is 10.1 Å². The van der Waals surface area contributed by atoms with E-state index in [1.165, 1.54) is 5.56 Å². The van der Waals surface area contributed by atoms with Crippen LogP contribution in [-0.2, 0) is 14.3 Å². The highest BCUT2D eigenvalue weighted by Gasteiger charge is 2.03. The number of ether oxygens (including phenoxy) is 3. The van der Waals surface area contributed by atoms with Crippen molar-refractivity contribution >= 4 is 11.6 Å². The molecule has 0 unspecified atom stereocenters. The summed E-state index contributed by atoms with van der Waals surface area (Å²) < 4.78 is 16.0. The van der Waals surface area contributed by atoms with Gasteiger partial charge in [-0.3, -0.25) is 4.79 Å². The van der Waals surface area contributed by atoms with Crippen LogP contribution in [0.15, 0.2) is 48.5 Å². The predicted molar refractivity (Wildman–Crippen MR) is 98.3 cm³/mol. The van der Waals surface area contributed by atoms with E-state index in [1.54, 1.807) is 7.11 Å². The minimum absolute atomic E-state index is 0.0254. The number of methoxy groups -OCH3 is 1. The molecule has 2 aromatic carbocycles. The Labute approximate surface area is 148 Å². The molecular weight excluding hydrogens is 318 g/mol. The van der Waals surface area contributed by atoms with Crippen LogP contribution >= 0.6 is 0 Å². The molecule has 1 amide bonds. The topological polar surface area (TPSA) is 56.8 Å². The molecule has 0 bridgehead atoms. The SMILES string of the molecule is COCCOCCCC(=O)Nc1ccc(Oc2ccc(C)cc2)cc1. The quantitative estimate of drug-likeness (QED) is 0.658. The fraction of sp³-hybridized carbons (Fsp3) is 0.350. The van der Waals surface area contributed by atoms with Crippen molar-refractivity contribution in [2.75, 3.05) is 32.2 Å². The van der Waals surface area contributed by atoms with Gasteiger partial charge in [-0.2, -0.15) is 0 Å². The molecule has 25 heavy (non-hydrogen) atoms. The number of amides is 1. The van der Waals surface area contributed by atoms with Crippen LogP contribution in [0.2, 0.25) is 0 Å². The minimum Gasteiger partial charge on any atom is -0.457 e. The number of hydrogen-bond donors (Lipinski definition) is 1. The lowest BCUT2D eigenvalue weighted by molar-refractivity contribution is -0.116. The molecule has 0 atom stereocenters. The average Bonchev–Trinajstić information content (AvgIpc) is 2.62. The highest BCUT2D eigenvalue weighted by molar-refractivity contribution is 5.90. The number of hydrogen-bond acceptors (Lipinski definition) is 4. The zero-order valence-electron chi connectivity index (χ0n) is 14.8. The normalized spacial score (nSPS) is 10.5. The first kappa shape index (κ1) is 19.0. The maximum atomic E-state index is 11.9. The van der Waals surface area contributed by atoms with Gasteiger partial charge < -0.3 is 19.5 Å². The van der Waals surface area contributed by atoms with E-state index in [2.05, 4.69) is 5.32 Å². The number of rotatable bonds is 10. The molecule has 0 heterocycles. The first-order valence-corrected chi connectivity index (χ1v) is 8.38. The van der Waals surface area contributed by atoms with Crippen LogP contribution in [0, 0.1) is 6.92 Å². The largest absolute Gasteiger partial charge is 0.457 e. The second-order valence-electron chi connectivity index (χ2n) is 5.70. The van der Waals surface area contributed by atoms with Crippen molar-refractivity contribution in [3.05, 3.63) is 54.1 Å². The summed E-state index contributed by atoms with van der Waals surface area (Å²) in [5.41, 5.74) is 1.94. The van der Waals surface area contributed by atoms with Crippen molar-refractivity contribution in [2.45, 2.75) is 19.8 Å². The van der Waals surface area contributed by atoms with Crippen molar-refractivity contribution < 1.29 is 19.0 Å². The summed E-state index contributed by atoms with van der Waals surface area (Å²) in [4.78, 5) is 11.9. The van der Waals surface area contributed by atoms with Gasteiger partial charge in [0.2, 0.25) is 5.91 Å². The zero-order chi connectivity index (χ0) is 17.9. The Balaban J connectivity index is 1.72. The van der Waals surface area contributed by atoms with Crippen LogP contribution in [0.3, 0.4) is 0 Å². The molecule has 2 aromatic rings. The molecule has 0 aliphatic carbocycles. The van der Waals surface area contributed by atoms with Crippen LogP contribution in [0.25, 0.3) is 0 Å². The van der Waals surface area contributed by atoms with Gasteiger partial charge in [-0.1, -0.05) is 17.7 Å². The average molecular weight is 343 g/mol. The van der Waals surface area contributed by atoms with Crippen molar-refractivity contribution in [3.8, 4) is 11.5 Å². The Bertz CT molecular complexity index is 638. The van der Waals surface area contributed by atoms with Gasteiger partial charge in [0.05, 0.1) is 13.2 Å². The maximum Gasteiger partial charge on any atom is 0.224 e. The van der Waals surface area contributed by atoms with E-state index in [1.807, 2.05) is 55.5 Å². The molecule has 0 aliphatic rings. The van der Waals surface area contributed by atoms with Crippen molar-refractivity contribution in [1.82, 2.24) is 0 Å². The molecular formula is C20H25NO4. The van der Waals surface area contributed by atoms with E-state index < -0.39 is 0 Å². The smallest absolute Gasteiger partial charge is 0.224 e. The molecule has 0 spiro atoms. The summed E-state index contributed by atoms with van der Waals surface area (Å²) in [7, 11) is 1.63. The number of carbonyl (C=O) groups excluding carboxylic acids is 1. The molecule has 2 rings (SSSR count). The first-order valence-electron chi connectivity index (χ1n) is 8.38. The molecule has 5 heteroatoms. The lowest BCUT2D eigenvalue weighted by atomic mass is 10.2. The van der Waals surface area contributed by atoms with Gasteiger partial charge in [0.15, 0.2) is 0 Å². The van der Waals surface area contributed by atoms with Crippen molar-refractivity contribution in [2.24, 2.45) is 0 Å². The minimum atomic E-state index is -0.0254. The fourth-order valence-corrected chi connectivity index (χ4v) is 2.15. The third-order valence-corrected chi connectivity index (χ3v) is 3.52. The lowest BCUT2D eigenvalue weighted by Gasteiger charge is -2.08. The van der Waals surface area contributed by atoms with Crippen LogP contribution in [0.1, 0.15) is 18.4 Å². The van der Waals surface area contributed by atoms with Gasteiger partial charge in [0.25, 0.3) is 0 Å². The highest BCUT2D eigenvalue weighted by Crippen LogP contribution is 2.23. The van der Waals surface area contributed by atoms with E-state index >= 15 is 0 Å². The Morgan fingerprint density at radius 1 is 0.920 bits per heavy atom. The van der Waals surface area contributed by atoms with E-state index in [4.69, 9.17) is 14.2 Å². The lowest BCUT2D eigenvalue weighted by Crippen LogP contribution is -2.12. The summed E-state index contributed by atoms with van der Waals surface area (Å²) in [6, 6.07) is 15.2. The number of anilines is 1. The van der Waals surface area contributed by atoms with E-state index in [-0.39, 0.29) is 5.91 Å².